The second-order valence-corrected chi connectivity index (χ2v) is 6.14. The van der Waals surface area contributed by atoms with Crippen LogP contribution in [0.15, 0.2) is 10.6 Å². The number of hydrogen-bond donors (Lipinski definition) is 1. The van der Waals surface area contributed by atoms with Gasteiger partial charge in [-0.15, -0.1) is 0 Å². The van der Waals surface area contributed by atoms with Gasteiger partial charge in [-0.1, -0.05) is 52.4 Å². The van der Waals surface area contributed by atoms with E-state index in [0.717, 1.165) is 37.0 Å². The molecule has 0 bridgehead atoms. The first kappa shape index (κ1) is 14.6. The van der Waals surface area contributed by atoms with Crippen LogP contribution in [0.1, 0.15) is 64.0 Å². The molecule has 1 aliphatic carbocycles. The van der Waals surface area contributed by atoms with E-state index < -0.39 is 0 Å². The molecule has 0 spiro atoms. The molecule has 0 radical (unpaired) electrons. The van der Waals surface area contributed by atoms with Crippen LogP contribution in [0.25, 0.3) is 0 Å². The molecule has 0 atom stereocenters. The SMILES string of the molecule is CC(C)NCCc1ncc(CC2CCCCCC2)o1. The van der Waals surface area contributed by atoms with Crippen molar-refractivity contribution in [2.75, 3.05) is 6.54 Å². The highest BCUT2D eigenvalue weighted by Gasteiger charge is 2.15. The Morgan fingerprint density at radius 1 is 1.26 bits per heavy atom. The number of nitrogens with one attached hydrogen (secondary N) is 1. The lowest BCUT2D eigenvalue weighted by molar-refractivity contribution is 0.384. The van der Waals surface area contributed by atoms with Gasteiger partial charge < -0.3 is 9.73 Å². The van der Waals surface area contributed by atoms with Crippen LogP contribution >= 0.6 is 0 Å². The van der Waals surface area contributed by atoms with Gasteiger partial charge in [0.15, 0.2) is 5.89 Å². The summed E-state index contributed by atoms with van der Waals surface area (Å²) in [5.74, 6) is 2.79. The Kier molecular flexibility index (Phi) is 5.90. The lowest BCUT2D eigenvalue weighted by atomic mass is 9.96. The highest BCUT2D eigenvalue weighted by Crippen LogP contribution is 2.26. The molecule has 1 N–H and O–H groups in total. The predicted octanol–water partition coefficient (Wildman–Crippen LogP) is 3.73. The summed E-state index contributed by atoms with van der Waals surface area (Å²) in [4.78, 5) is 4.40. The molecule has 1 aliphatic rings. The maximum absolute atomic E-state index is 5.86. The zero-order valence-corrected chi connectivity index (χ0v) is 12.5. The highest BCUT2D eigenvalue weighted by molar-refractivity contribution is 4.96. The van der Waals surface area contributed by atoms with Crippen LogP contribution in [-0.2, 0) is 12.8 Å². The van der Waals surface area contributed by atoms with Crippen molar-refractivity contribution in [3.8, 4) is 0 Å². The molecule has 1 aromatic rings. The van der Waals surface area contributed by atoms with E-state index in [9.17, 15) is 0 Å². The third kappa shape index (κ3) is 5.35. The molecule has 1 aromatic heterocycles. The Labute approximate surface area is 117 Å². The lowest BCUT2D eigenvalue weighted by Crippen LogP contribution is -2.24. The van der Waals surface area contributed by atoms with Gasteiger partial charge in [0.05, 0.1) is 6.20 Å². The molecule has 108 valence electrons. The monoisotopic (exact) mass is 264 g/mol. The topological polar surface area (TPSA) is 38.1 Å². The molecule has 3 nitrogen and oxygen atoms in total. The van der Waals surface area contributed by atoms with Gasteiger partial charge in [-0.3, -0.25) is 0 Å². The Hall–Kier alpha value is -0.830. The summed E-state index contributed by atoms with van der Waals surface area (Å²) in [7, 11) is 0. The normalized spacial score (nSPS) is 17.8. The zero-order valence-electron chi connectivity index (χ0n) is 12.5. The summed E-state index contributed by atoms with van der Waals surface area (Å²) in [5, 5.41) is 3.39. The molecule has 0 amide bonds. The van der Waals surface area contributed by atoms with E-state index in [1.54, 1.807) is 0 Å². The number of hydrogen-bond acceptors (Lipinski definition) is 3. The Balaban J connectivity index is 1.76. The number of aromatic nitrogens is 1. The van der Waals surface area contributed by atoms with E-state index >= 15 is 0 Å². The lowest BCUT2D eigenvalue weighted by Gasteiger charge is -2.11. The molecular formula is C16H28N2O. The van der Waals surface area contributed by atoms with E-state index in [1.165, 1.54) is 38.5 Å². The van der Waals surface area contributed by atoms with E-state index in [4.69, 9.17) is 4.42 Å². The summed E-state index contributed by atoms with van der Waals surface area (Å²) in [6.45, 7) is 5.27. The molecule has 1 fully saturated rings. The van der Waals surface area contributed by atoms with Crippen molar-refractivity contribution < 1.29 is 4.42 Å². The fourth-order valence-electron chi connectivity index (χ4n) is 2.88. The third-order valence-electron chi connectivity index (χ3n) is 3.96. The van der Waals surface area contributed by atoms with Gasteiger partial charge in [-0.05, 0) is 5.92 Å². The van der Waals surface area contributed by atoms with Crippen LogP contribution in [0.4, 0.5) is 0 Å². The van der Waals surface area contributed by atoms with Crippen LogP contribution in [0.3, 0.4) is 0 Å². The third-order valence-corrected chi connectivity index (χ3v) is 3.96. The summed E-state index contributed by atoms with van der Waals surface area (Å²) in [6.07, 6.45) is 12.3. The molecule has 2 rings (SSSR count). The Bertz CT molecular complexity index is 351. The maximum atomic E-state index is 5.86. The van der Waals surface area contributed by atoms with E-state index in [-0.39, 0.29) is 0 Å². The van der Waals surface area contributed by atoms with Crippen molar-refractivity contribution in [2.24, 2.45) is 5.92 Å². The van der Waals surface area contributed by atoms with Crippen molar-refractivity contribution in [3.05, 3.63) is 17.8 Å². The highest BCUT2D eigenvalue weighted by atomic mass is 16.4. The minimum absolute atomic E-state index is 0.528. The molecule has 0 aliphatic heterocycles. The first-order chi connectivity index (χ1) is 9.24. The summed E-state index contributed by atoms with van der Waals surface area (Å²) >= 11 is 0. The predicted molar refractivity (Wildman–Crippen MR) is 78.2 cm³/mol. The van der Waals surface area contributed by atoms with Crippen molar-refractivity contribution >= 4 is 0 Å². The molecule has 0 aromatic carbocycles. The van der Waals surface area contributed by atoms with Crippen LogP contribution in [0, 0.1) is 5.92 Å². The van der Waals surface area contributed by atoms with Gasteiger partial charge in [-0.2, -0.15) is 0 Å². The van der Waals surface area contributed by atoms with E-state index in [1.807, 2.05) is 6.20 Å². The minimum Gasteiger partial charge on any atom is -0.446 e. The van der Waals surface area contributed by atoms with Crippen molar-refractivity contribution in [1.29, 1.82) is 0 Å². The Morgan fingerprint density at radius 2 is 2.00 bits per heavy atom. The molecule has 0 saturated heterocycles. The first-order valence-corrected chi connectivity index (χ1v) is 7.91. The smallest absolute Gasteiger partial charge is 0.195 e. The molecule has 3 heteroatoms. The van der Waals surface area contributed by atoms with Crippen molar-refractivity contribution in [2.45, 2.75) is 71.3 Å². The van der Waals surface area contributed by atoms with E-state index in [0.29, 0.717) is 6.04 Å². The standard InChI is InChI=1S/C16H28N2O/c1-13(2)17-10-9-16-18-12-15(19-16)11-14-7-5-3-4-6-8-14/h12-14,17H,3-11H2,1-2H3. The van der Waals surface area contributed by atoms with Gasteiger partial charge in [0.25, 0.3) is 0 Å². The number of rotatable bonds is 6. The molecule has 1 heterocycles. The van der Waals surface area contributed by atoms with Gasteiger partial charge in [0.2, 0.25) is 0 Å². The van der Waals surface area contributed by atoms with E-state index in [2.05, 4.69) is 24.1 Å². The van der Waals surface area contributed by atoms with Gasteiger partial charge >= 0.3 is 0 Å². The van der Waals surface area contributed by atoms with Gasteiger partial charge in [0, 0.05) is 25.4 Å². The maximum Gasteiger partial charge on any atom is 0.195 e. The van der Waals surface area contributed by atoms with Crippen molar-refractivity contribution in [1.82, 2.24) is 10.3 Å². The van der Waals surface area contributed by atoms with Crippen LogP contribution in [0.5, 0.6) is 0 Å². The molecule has 19 heavy (non-hydrogen) atoms. The number of oxazole rings is 1. The molecular weight excluding hydrogens is 236 g/mol. The quantitative estimate of drug-likeness (QED) is 0.796. The zero-order chi connectivity index (χ0) is 13.5. The largest absolute Gasteiger partial charge is 0.446 e. The fraction of sp³-hybridized carbons (Fsp3) is 0.812. The van der Waals surface area contributed by atoms with Crippen LogP contribution in [0.2, 0.25) is 0 Å². The molecule has 1 saturated carbocycles. The summed E-state index contributed by atoms with van der Waals surface area (Å²) in [5.41, 5.74) is 0. The molecule has 0 unspecified atom stereocenters. The van der Waals surface area contributed by atoms with Crippen molar-refractivity contribution in [3.63, 3.8) is 0 Å². The van der Waals surface area contributed by atoms with Gasteiger partial charge in [-0.25, -0.2) is 4.98 Å². The Morgan fingerprint density at radius 3 is 2.68 bits per heavy atom. The summed E-state index contributed by atoms with van der Waals surface area (Å²) < 4.78 is 5.86. The van der Waals surface area contributed by atoms with Crippen LogP contribution in [-0.4, -0.2) is 17.6 Å². The van der Waals surface area contributed by atoms with Crippen LogP contribution < -0.4 is 5.32 Å². The summed E-state index contributed by atoms with van der Waals surface area (Å²) in [6, 6.07) is 0.528. The first-order valence-electron chi connectivity index (χ1n) is 7.91. The average Bonchev–Trinajstić information content (AvgIpc) is 2.65. The number of nitrogens with zero attached hydrogens (tertiary/aromatic N) is 1. The second-order valence-electron chi connectivity index (χ2n) is 6.14. The minimum atomic E-state index is 0.528. The average molecular weight is 264 g/mol. The second kappa shape index (κ2) is 7.68. The fourth-order valence-corrected chi connectivity index (χ4v) is 2.88. The van der Waals surface area contributed by atoms with Gasteiger partial charge in [0.1, 0.15) is 5.76 Å².